The van der Waals surface area contributed by atoms with Crippen LogP contribution in [0.5, 0.6) is 0 Å². The van der Waals surface area contributed by atoms with E-state index in [2.05, 4.69) is 32.7 Å². The summed E-state index contributed by atoms with van der Waals surface area (Å²) in [4.78, 5) is 0. The van der Waals surface area contributed by atoms with E-state index in [9.17, 15) is 0 Å². The molecule has 0 atom stereocenters. The molecule has 0 saturated heterocycles. The summed E-state index contributed by atoms with van der Waals surface area (Å²) in [6.07, 6.45) is 1.98. The lowest BCUT2D eigenvalue weighted by Crippen LogP contribution is -2.05. The van der Waals surface area contributed by atoms with Crippen molar-refractivity contribution in [1.29, 1.82) is 0 Å². The Labute approximate surface area is 121 Å². The van der Waals surface area contributed by atoms with Gasteiger partial charge in [0.1, 0.15) is 5.01 Å². The second-order valence-electron chi connectivity index (χ2n) is 4.51. The van der Waals surface area contributed by atoms with E-state index in [1.807, 2.05) is 42.9 Å². The van der Waals surface area contributed by atoms with Crippen LogP contribution in [-0.4, -0.2) is 20.0 Å². The van der Waals surface area contributed by atoms with Crippen molar-refractivity contribution in [3.8, 4) is 5.69 Å². The third-order valence-corrected chi connectivity index (χ3v) is 3.71. The van der Waals surface area contributed by atoms with Gasteiger partial charge >= 0.3 is 0 Å². The first-order valence-corrected chi connectivity index (χ1v) is 7.18. The van der Waals surface area contributed by atoms with Crippen LogP contribution in [0.3, 0.4) is 0 Å². The van der Waals surface area contributed by atoms with Crippen molar-refractivity contribution < 1.29 is 0 Å². The van der Waals surface area contributed by atoms with Crippen LogP contribution in [0.1, 0.15) is 16.3 Å². The van der Waals surface area contributed by atoms with Gasteiger partial charge in [-0.3, -0.25) is 0 Å². The lowest BCUT2D eigenvalue weighted by atomic mass is 10.2. The summed E-state index contributed by atoms with van der Waals surface area (Å²) in [5, 5.41) is 17.6. The molecular formula is C14H15N5S. The average Bonchev–Trinajstić information content (AvgIpc) is 3.06. The van der Waals surface area contributed by atoms with Gasteiger partial charge in [0.25, 0.3) is 0 Å². The minimum absolute atomic E-state index is 0.698. The van der Waals surface area contributed by atoms with Gasteiger partial charge in [-0.15, -0.1) is 10.2 Å². The standard InChI is InChI=1S/C14H15N5S/c1-10-7-8-19(18-10)13-6-4-3-5-12(13)9-15-14-17-16-11(2)20-14/h3-8H,9H2,1-2H3,(H,15,17). The molecule has 0 aliphatic carbocycles. The van der Waals surface area contributed by atoms with Crippen molar-refractivity contribution >= 4 is 16.5 Å². The number of hydrogen-bond donors (Lipinski definition) is 1. The zero-order valence-electron chi connectivity index (χ0n) is 11.4. The maximum atomic E-state index is 4.46. The fraction of sp³-hybridized carbons (Fsp3) is 0.214. The Bertz CT molecular complexity index is 716. The second kappa shape index (κ2) is 5.42. The average molecular weight is 285 g/mol. The first-order chi connectivity index (χ1) is 9.72. The fourth-order valence-electron chi connectivity index (χ4n) is 1.97. The zero-order chi connectivity index (χ0) is 13.9. The maximum Gasteiger partial charge on any atom is 0.205 e. The monoisotopic (exact) mass is 285 g/mol. The molecule has 0 fully saturated rings. The Morgan fingerprint density at radius 3 is 2.70 bits per heavy atom. The van der Waals surface area contributed by atoms with E-state index in [-0.39, 0.29) is 0 Å². The molecule has 0 unspecified atom stereocenters. The number of hydrogen-bond acceptors (Lipinski definition) is 5. The van der Waals surface area contributed by atoms with Crippen molar-refractivity contribution in [2.75, 3.05) is 5.32 Å². The molecule has 1 aromatic carbocycles. The highest BCUT2D eigenvalue weighted by atomic mass is 32.1. The largest absolute Gasteiger partial charge is 0.356 e. The zero-order valence-corrected chi connectivity index (χ0v) is 12.2. The Balaban J connectivity index is 1.83. The van der Waals surface area contributed by atoms with Gasteiger partial charge in [-0.1, -0.05) is 29.5 Å². The number of benzene rings is 1. The normalized spacial score (nSPS) is 10.7. The topological polar surface area (TPSA) is 55.6 Å². The first-order valence-electron chi connectivity index (χ1n) is 6.37. The molecular weight excluding hydrogens is 270 g/mol. The summed E-state index contributed by atoms with van der Waals surface area (Å²) in [5.41, 5.74) is 3.25. The quantitative estimate of drug-likeness (QED) is 0.800. The van der Waals surface area contributed by atoms with Gasteiger partial charge in [0.2, 0.25) is 5.13 Å². The number of anilines is 1. The highest BCUT2D eigenvalue weighted by Crippen LogP contribution is 2.18. The Morgan fingerprint density at radius 2 is 2.00 bits per heavy atom. The van der Waals surface area contributed by atoms with Crippen LogP contribution >= 0.6 is 11.3 Å². The van der Waals surface area contributed by atoms with Crippen LogP contribution in [0.25, 0.3) is 5.69 Å². The smallest absolute Gasteiger partial charge is 0.205 e. The van der Waals surface area contributed by atoms with Gasteiger partial charge < -0.3 is 5.32 Å². The lowest BCUT2D eigenvalue weighted by molar-refractivity contribution is 0.848. The van der Waals surface area contributed by atoms with E-state index in [4.69, 9.17) is 0 Å². The molecule has 20 heavy (non-hydrogen) atoms. The van der Waals surface area contributed by atoms with E-state index < -0.39 is 0 Å². The summed E-state index contributed by atoms with van der Waals surface area (Å²) in [6.45, 7) is 4.63. The third-order valence-electron chi connectivity index (χ3n) is 2.92. The SMILES string of the molecule is Cc1ccn(-c2ccccc2CNc2nnc(C)s2)n1. The number of para-hydroxylation sites is 1. The fourth-order valence-corrected chi connectivity index (χ4v) is 2.56. The summed E-state index contributed by atoms with van der Waals surface area (Å²) < 4.78 is 1.90. The van der Waals surface area contributed by atoms with E-state index >= 15 is 0 Å². The third kappa shape index (κ3) is 2.70. The first kappa shape index (κ1) is 12.8. The molecule has 3 rings (SSSR count). The molecule has 0 spiro atoms. The van der Waals surface area contributed by atoms with Crippen LogP contribution in [0.15, 0.2) is 36.5 Å². The molecule has 2 heterocycles. The highest BCUT2D eigenvalue weighted by molar-refractivity contribution is 7.15. The maximum absolute atomic E-state index is 4.46. The minimum Gasteiger partial charge on any atom is -0.356 e. The summed E-state index contributed by atoms with van der Waals surface area (Å²) in [5.74, 6) is 0. The molecule has 0 aliphatic rings. The second-order valence-corrected chi connectivity index (χ2v) is 5.69. The van der Waals surface area contributed by atoms with Gasteiger partial charge in [0.15, 0.2) is 0 Å². The number of rotatable bonds is 4. The summed E-state index contributed by atoms with van der Waals surface area (Å²) in [6, 6.07) is 10.2. The molecule has 0 saturated carbocycles. The molecule has 1 N–H and O–H groups in total. The number of aryl methyl sites for hydroxylation is 2. The van der Waals surface area contributed by atoms with E-state index in [1.165, 1.54) is 5.56 Å². The Hall–Kier alpha value is -2.21. The highest BCUT2D eigenvalue weighted by Gasteiger charge is 2.06. The molecule has 102 valence electrons. The molecule has 0 aliphatic heterocycles. The van der Waals surface area contributed by atoms with Gasteiger partial charge in [0.05, 0.1) is 11.4 Å². The minimum atomic E-state index is 0.698. The van der Waals surface area contributed by atoms with Crippen LogP contribution in [0.4, 0.5) is 5.13 Å². The van der Waals surface area contributed by atoms with E-state index in [0.29, 0.717) is 6.54 Å². The van der Waals surface area contributed by atoms with Crippen molar-refractivity contribution in [3.63, 3.8) is 0 Å². The van der Waals surface area contributed by atoms with Crippen LogP contribution in [0, 0.1) is 13.8 Å². The predicted molar refractivity (Wildman–Crippen MR) is 80.3 cm³/mol. The Morgan fingerprint density at radius 1 is 1.15 bits per heavy atom. The summed E-state index contributed by atoms with van der Waals surface area (Å²) >= 11 is 1.56. The van der Waals surface area contributed by atoms with Crippen molar-refractivity contribution in [1.82, 2.24) is 20.0 Å². The van der Waals surface area contributed by atoms with Crippen LogP contribution in [0.2, 0.25) is 0 Å². The van der Waals surface area contributed by atoms with Crippen molar-refractivity contribution in [2.45, 2.75) is 20.4 Å². The van der Waals surface area contributed by atoms with Gasteiger partial charge in [-0.25, -0.2) is 4.68 Å². The van der Waals surface area contributed by atoms with Gasteiger partial charge in [0, 0.05) is 12.7 Å². The van der Waals surface area contributed by atoms with E-state index in [1.54, 1.807) is 11.3 Å². The molecule has 0 amide bonds. The Kier molecular flexibility index (Phi) is 3.47. The lowest BCUT2D eigenvalue weighted by Gasteiger charge is -2.09. The number of aromatic nitrogens is 4. The molecule has 0 bridgehead atoms. The van der Waals surface area contributed by atoms with E-state index in [0.717, 1.165) is 21.5 Å². The number of nitrogens with one attached hydrogen (secondary N) is 1. The molecule has 3 aromatic rings. The predicted octanol–water partition coefficient (Wildman–Crippen LogP) is 2.95. The van der Waals surface area contributed by atoms with Crippen molar-refractivity contribution in [2.24, 2.45) is 0 Å². The van der Waals surface area contributed by atoms with Crippen LogP contribution in [-0.2, 0) is 6.54 Å². The van der Waals surface area contributed by atoms with Gasteiger partial charge in [-0.2, -0.15) is 5.10 Å². The van der Waals surface area contributed by atoms with Gasteiger partial charge in [-0.05, 0) is 31.5 Å². The molecule has 6 heteroatoms. The summed E-state index contributed by atoms with van der Waals surface area (Å²) in [7, 11) is 0. The van der Waals surface area contributed by atoms with Crippen molar-refractivity contribution in [3.05, 3.63) is 52.8 Å². The molecule has 5 nitrogen and oxygen atoms in total. The molecule has 2 aromatic heterocycles. The van der Waals surface area contributed by atoms with Crippen LogP contribution < -0.4 is 5.32 Å². The molecule has 0 radical (unpaired) electrons. The number of nitrogens with zero attached hydrogens (tertiary/aromatic N) is 4.